The summed E-state index contributed by atoms with van der Waals surface area (Å²) in [5.41, 5.74) is 0. The SMILES string of the molecule is C[C@H](CC(=O)N1CCOC1=O)[C@@H](C)Cl. The van der Waals surface area contributed by atoms with Crippen LogP contribution in [0.5, 0.6) is 0 Å². The Morgan fingerprint density at radius 2 is 2.29 bits per heavy atom. The highest BCUT2D eigenvalue weighted by Crippen LogP contribution is 2.16. The Labute approximate surface area is 88.2 Å². The van der Waals surface area contributed by atoms with E-state index in [1.165, 1.54) is 0 Å². The summed E-state index contributed by atoms with van der Waals surface area (Å²) in [5.74, 6) is -0.134. The Kier molecular flexibility index (Phi) is 3.75. The summed E-state index contributed by atoms with van der Waals surface area (Å²) in [4.78, 5) is 23.7. The minimum Gasteiger partial charge on any atom is -0.447 e. The second kappa shape index (κ2) is 4.64. The van der Waals surface area contributed by atoms with Crippen molar-refractivity contribution in [2.75, 3.05) is 13.2 Å². The second-order valence-corrected chi connectivity index (χ2v) is 4.21. The van der Waals surface area contributed by atoms with Gasteiger partial charge < -0.3 is 4.74 Å². The van der Waals surface area contributed by atoms with Crippen LogP contribution < -0.4 is 0 Å². The predicted molar refractivity (Wildman–Crippen MR) is 52.2 cm³/mol. The number of halogens is 1. The molecular formula is C9H14ClNO3. The van der Waals surface area contributed by atoms with E-state index in [-0.39, 0.29) is 17.2 Å². The lowest BCUT2D eigenvalue weighted by molar-refractivity contribution is -0.128. The van der Waals surface area contributed by atoms with Crippen LogP contribution in [0.4, 0.5) is 4.79 Å². The number of ether oxygens (including phenoxy) is 1. The quantitative estimate of drug-likeness (QED) is 0.678. The molecule has 80 valence electrons. The molecule has 2 amide bonds. The number of nitrogens with zero attached hydrogens (tertiary/aromatic N) is 1. The van der Waals surface area contributed by atoms with Crippen molar-refractivity contribution in [1.82, 2.24) is 4.90 Å². The number of imide groups is 1. The van der Waals surface area contributed by atoms with Gasteiger partial charge in [0.1, 0.15) is 6.61 Å². The van der Waals surface area contributed by atoms with Crippen LogP contribution in [-0.2, 0) is 9.53 Å². The Hall–Kier alpha value is -0.770. The third kappa shape index (κ3) is 2.61. The molecule has 0 bridgehead atoms. The molecule has 1 rings (SSSR count). The van der Waals surface area contributed by atoms with Gasteiger partial charge in [0.2, 0.25) is 5.91 Å². The summed E-state index contributed by atoms with van der Waals surface area (Å²) in [5, 5.41) is -0.0717. The number of cyclic esters (lactones) is 1. The first-order valence-electron chi connectivity index (χ1n) is 4.63. The van der Waals surface area contributed by atoms with Crippen molar-refractivity contribution in [2.24, 2.45) is 5.92 Å². The summed E-state index contributed by atoms with van der Waals surface area (Å²) in [6.45, 7) is 4.38. The number of carbonyl (C=O) groups excluding carboxylic acids is 2. The molecule has 0 radical (unpaired) electrons. The van der Waals surface area contributed by atoms with Gasteiger partial charge in [-0.25, -0.2) is 9.69 Å². The highest BCUT2D eigenvalue weighted by molar-refractivity contribution is 6.20. The summed E-state index contributed by atoms with van der Waals surface area (Å²) in [7, 11) is 0. The molecule has 0 saturated carbocycles. The Bertz CT molecular complexity index is 242. The van der Waals surface area contributed by atoms with Gasteiger partial charge in [-0.1, -0.05) is 6.92 Å². The van der Waals surface area contributed by atoms with E-state index in [0.29, 0.717) is 19.6 Å². The van der Waals surface area contributed by atoms with E-state index in [9.17, 15) is 9.59 Å². The van der Waals surface area contributed by atoms with Gasteiger partial charge in [-0.3, -0.25) is 4.79 Å². The molecule has 5 heteroatoms. The zero-order valence-corrected chi connectivity index (χ0v) is 9.08. The van der Waals surface area contributed by atoms with E-state index in [2.05, 4.69) is 4.74 Å². The number of amides is 2. The second-order valence-electron chi connectivity index (χ2n) is 3.52. The molecule has 1 aliphatic heterocycles. The smallest absolute Gasteiger partial charge is 0.416 e. The van der Waals surface area contributed by atoms with Crippen molar-refractivity contribution >= 4 is 23.6 Å². The van der Waals surface area contributed by atoms with Crippen LogP contribution in [0.3, 0.4) is 0 Å². The maximum Gasteiger partial charge on any atom is 0.416 e. The number of alkyl halides is 1. The molecule has 14 heavy (non-hydrogen) atoms. The molecule has 2 atom stereocenters. The first-order valence-corrected chi connectivity index (χ1v) is 5.07. The average molecular weight is 220 g/mol. The zero-order chi connectivity index (χ0) is 10.7. The summed E-state index contributed by atoms with van der Waals surface area (Å²) in [6.07, 6.45) is -0.246. The molecule has 1 heterocycles. The molecule has 0 aromatic carbocycles. The zero-order valence-electron chi connectivity index (χ0n) is 8.33. The normalized spacial score (nSPS) is 20.5. The molecule has 1 saturated heterocycles. The standard InChI is InChI=1S/C9H14ClNO3/c1-6(7(2)10)5-8(12)11-3-4-14-9(11)13/h6-7H,3-5H2,1-2H3/t6-,7-/m1/s1. The molecule has 1 aliphatic rings. The fraction of sp³-hybridized carbons (Fsp3) is 0.778. The fourth-order valence-electron chi connectivity index (χ4n) is 1.17. The average Bonchev–Trinajstić information content (AvgIpc) is 2.51. The molecule has 0 spiro atoms. The van der Waals surface area contributed by atoms with Crippen LogP contribution >= 0.6 is 11.6 Å². The lowest BCUT2D eigenvalue weighted by atomic mass is 10.0. The molecule has 0 aromatic heterocycles. The largest absolute Gasteiger partial charge is 0.447 e. The van der Waals surface area contributed by atoms with E-state index in [4.69, 9.17) is 11.6 Å². The van der Waals surface area contributed by atoms with Gasteiger partial charge >= 0.3 is 6.09 Å². The van der Waals surface area contributed by atoms with E-state index in [1.54, 1.807) is 0 Å². The van der Waals surface area contributed by atoms with Crippen molar-refractivity contribution in [3.8, 4) is 0 Å². The molecule has 0 aliphatic carbocycles. The Balaban J connectivity index is 2.45. The number of rotatable bonds is 3. The minimum absolute atomic E-state index is 0.0672. The van der Waals surface area contributed by atoms with Gasteiger partial charge in [-0.05, 0) is 12.8 Å². The number of hydrogen-bond donors (Lipinski definition) is 0. The number of carbonyl (C=O) groups is 2. The first-order chi connectivity index (χ1) is 6.52. The van der Waals surface area contributed by atoms with Crippen LogP contribution in [0.25, 0.3) is 0 Å². The van der Waals surface area contributed by atoms with Crippen LogP contribution in [0, 0.1) is 5.92 Å². The molecule has 0 N–H and O–H groups in total. The fourth-order valence-corrected chi connectivity index (χ4v) is 1.26. The van der Waals surface area contributed by atoms with Crippen molar-refractivity contribution in [1.29, 1.82) is 0 Å². The van der Waals surface area contributed by atoms with Crippen molar-refractivity contribution in [3.05, 3.63) is 0 Å². The van der Waals surface area contributed by atoms with E-state index in [1.807, 2.05) is 13.8 Å². The molecule has 1 fully saturated rings. The van der Waals surface area contributed by atoms with Crippen LogP contribution in [0.2, 0.25) is 0 Å². The van der Waals surface area contributed by atoms with Gasteiger partial charge in [-0.2, -0.15) is 0 Å². The lowest BCUT2D eigenvalue weighted by Crippen LogP contribution is -2.33. The number of hydrogen-bond acceptors (Lipinski definition) is 3. The van der Waals surface area contributed by atoms with Crippen molar-refractivity contribution < 1.29 is 14.3 Å². The topological polar surface area (TPSA) is 46.6 Å². The summed E-state index contributed by atoms with van der Waals surface area (Å²) >= 11 is 5.83. The lowest BCUT2D eigenvalue weighted by Gasteiger charge is -2.16. The molecule has 4 nitrogen and oxygen atoms in total. The van der Waals surface area contributed by atoms with Crippen LogP contribution in [-0.4, -0.2) is 35.4 Å². The third-order valence-corrected chi connectivity index (χ3v) is 2.77. The van der Waals surface area contributed by atoms with Gasteiger partial charge in [0, 0.05) is 11.8 Å². The Morgan fingerprint density at radius 1 is 1.64 bits per heavy atom. The van der Waals surface area contributed by atoms with E-state index < -0.39 is 6.09 Å². The maximum absolute atomic E-state index is 11.5. The van der Waals surface area contributed by atoms with Crippen molar-refractivity contribution in [2.45, 2.75) is 25.6 Å². The maximum atomic E-state index is 11.5. The van der Waals surface area contributed by atoms with Gasteiger partial charge in [-0.15, -0.1) is 11.6 Å². The summed E-state index contributed by atoms with van der Waals surface area (Å²) < 4.78 is 4.66. The summed E-state index contributed by atoms with van der Waals surface area (Å²) in [6, 6.07) is 0. The highest BCUT2D eigenvalue weighted by Gasteiger charge is 2.29. The van der Waals surface area contributed by atoms with Gasteiger partial charge in [0.05, 0.1) is 6.54 Å². The Morgan fingerprint density at radius 3 is 2.71 bits per heavy atom. The monoisotopic (exact) mass is 219 g/mol. The van der Waals surface area contributed by atoms with E-state index in [0.717, 1.165) is 4.90 Å². The first kappa shape index (κ1) is 11.3. The highest BCUT2D eigenvalue weighted by atomic mass is 35.5. The van der Waals surface area contributed by atoms with Crippen LogP contribution in [0.15, 0.2) is 0 Å². The minimum atomic E-state index is -0.538. The molecule has 0 aromatic rings. The van der Waals surface area contributed by atoms with Gasteiger partial charge in [0.15, 0.2) is 0 Å². The molecule has 0 unspecified atom stereocenters. The molecular weight excluding hydrogens is 206 g/mol. The predicted octanol–water partition coefficient (Wildman–Crippen LogP) is 1.62. The van der Waals surface area contributed by atoms with E-state index >= 15 is 0 Å². The van der Waals surface area contributed by atoms with Gasteiger partial charge in [0.25, 0.3) is 0 Å². The van der Waals surface area contributed by atoms with Crippen LogP contribution in [0.1, 0.15) is 20.3 Å². The third-order valence-electron chi connectivity index (χ3n) is 2.34. The van der Waals surface area contributed by atoms with Crippen molar-refractivity contribution in [3.63, 3.8) is 0 Å².